The molecule has 1 rings (SSSR count). The summed E-state index contributed by atoms with van der Waals surface area (Å²) < 4.78 is 103. The predicted octanol–water partition coefficient (Wildman–Crippen LogP) is 1.07. The van der Waals surface area contributed by atoms with E-state index < -0.39 is 83.6 Å². The van der Waals surface area contributed by atoms with Gasteiger partial charge in [0.25, 0.3) is 5.91 Å². The summed E-state index contributed by atoms with van der Waals surface area (Å²) in [5.41, 5.74) is 7.50. The molecule has 0 radical (unpaired) electrons. The van der Waals surface area contributed by atoms with Crippen LogP contribution in [0, 0.1) is 0 Å². The van der Waals surface area contributed by atoms with E-state index >= 15 is 0 Å². The van der Waals surface area contributed by atoms with E-state index in [2.05, 4.69) is 4.99 Å². The van der Waals surface area contributed by atoms with E-state index in [0.29, 0.717) is 12.1 Å². The van der Waals surface area contributed by atoms with E-state index in [9.17, 15) is 54.3 Å². The second-order valence-electron chi connectivity index (χ2n) is 6.64. The van der Waals surface area contributed by atoms with Gasteiger partial charge in [-0.05, 0) is 18.2 Å². The molecule has 0 aliphatic rings. The van der Waals surface area contributed by atoms with Crippen molar-refractivity contribution in [1.82, 2.24) is 10.6 Å². The van der Waals surface area contributed by atoms with Crippen LogP contribution >= 0.6 is 0 Å². The van der Waals surface area contributed by atoms with Gasteiger partial charge in [0.2, 0.25) is 11.7 Å². The Bertz CT molecular complexity index is 1030. The first kappa shape index (κ1) is 29.0. The number of hydrogen-bond acceptors (Lipinski definition) is 5. The zero-order chi connectivity index (χ0) is 27.4. The van der Waals surface area contributed by atoms with Crippen molar-refractivity contribution < 1.29 is 59.4 Å². The summed E-state index contributed by atoms with van der Waals surface area (Å²) in [7, 11) is 0. The topological polar surface area (TPSA) is 177 Å². The number of aliphatic imine (C=N–C) groups is 1. The number of carboxylic acids is 1. The molecule has 2 amide bonds. The number of nitrogens with one attached hydrogen (secondary N) is 2. The molecule has 0 spiro atoms. The third-order valence-corrected chi connectivity index (χ3v) is 3.87. The van der Waals surface area contributed by atoms with Crippen molar-refractivity contribution in [2.45, 2.75) is 30.7 Å². The van der Waals surface area contributed by atoms with Crippen LogP contribution in [-0.2, 0) is 20.6 Å². The lowest BCUT2D eigenvalue weighted by Crippen LogP contribution is -2.56. The number of carboxylic acid groups (broad SMARTS) is 1. The number of guanidine groups is 1. The number of alkyl halides is 8. The molecule has 7 N–H and O–H groups in total. The summed E-state index contributed by atoms with van der Waals surface area (Å²) >= 11 is 0. The molecule has 1 unspecified atom stereocenters. The Morgan fingerprint density at radius 2 is 1.54 bits per heavy atom. The molecule has 10 nitrogen and oxygen atoms in total. The van der Waals surface area contributed by atoms with Crippen molar-refractivity contribution in [2.24, 2.45) is 16.5 Å². The van der Waals surface area contributed by atoms with E-state index in [4.69, 9.17) is 16.6 Å². The zero-order valence-electron chi connectivity index (χ0n) is 16.9. The Labute approximate surface area is 189 Å². The average molecular weight is 521 g/mol. The van der Waals surface area contributed by atoms with Crippen LogP contribution in [0.2, 0.25) is 0 Å². The lowest BCUT2D eigenvalue weighted by Gasteiger charge is -2.23. The molecule has 18 heteroatoms. The Kier molecular flexibility index (Phi) is 8.72. The minimum atomic E-state index is -6.39. The standard InChI is InChI=1S/C17H15F8N5O5/c18-15(19,17(23,24)25)12(34)9(4-11(32)33)30-10(31)5-28-13(35)6-1-7(16(20,21)22)3-8(2-6)29-14(26)27/h1-3,9H,4-5H2,(H,28,35)(H,30,31)(H,32,33)(H4,26,27,29). The molecule has 1 aromatic rings. The summed E-state index contributed by atoms with van der Waals surface area (Å²) in [6.45, 7) is -1.26. The van der Waals surface area contributed by atoms with Gasteiger partial charge >= 0.3 is 24.2 Å². The fourth-order valence-electron chi connectivity index (χ4n) is 2.37. The monoisotopic (exact) mass is 521 g/mol. The zero-order valence-corrected chi connectivity index (χ0v) is 16.9. The Balaban J connectivity index is 3.05. The number of Topliss-reactive ketones (excluding diaryl/α,β-unsaturated/α-hetero) is 1. The van der Waals surface area contributed by atoms with Crippen LogP contribution < -0.4 is 22.1 Å². The average Bonchev–Trinajstić information content (AvgIpc) is 2.68. The molecule has 0 aliphatic carbocycles. The molecule has 1 atom stereocenters. The van der Waals surface area contributed by atoms with Crippen molar-refractivity contribution in [3.63, 3.8) is 0 Å². The van der Waals surface area contributed by atoms with Gasteiger partial charge in [0.1, 0.15) is 6.04 Å². The molecular weight excluding hydrogens is 506 g/mol. The minimum absolute atomic E-state index is 0.333. The normalized spacial score (nSPS) is 12.9. The predicted molar refractivity (Wildman–Crippen MR) is 99.4 cm³/mol. The SMILES string of the molecule is NC(N)=Nc1cc(C(=O)NCC(=O)NC(CC(=O)O)C(=O)C(F)(F)C(F)(F)F)cc(C(F)(F)F)c1. The molecule has 0 aliphatic heterocycles. The number of carbonyl (C=O) groups is 4. The number of halogens is 8. The summed E-state index contributed by atoms with van der Waals surface area (Å²) in [6, 6.07) is -1.27. The quantitative estimate of drug-likeness (QED) is 0.183. The Morgan fingerprint density at radius 3 is 2.00 bits per heavy atom. The van der Waals surface area contributed by atoms with Crippen LogP contribution in [0.4, 0.5) is 40.8 Å². The lowest BCUT2D eigenvalue weighted by molar-refractivity contribution is -0.269. The van der Waals surface area contributed by atoms with Gasteiger partial charge in [-0.25, -0.2) is 4.99 Å². The van der Waals surface area contributed by atoms with Gasteiger partial charge < -0.3 is 27.2 Å². The summed E-state index contributed by atoms with van der Waals surface area (Å²) in [6.07, 6.45) is -13.0. The van der Waals surface area contributed by atoms with E-state index in [-0.39, 0.29) is 0 Å². The van der Waals surface area contributed by atoms with Crippen LogP contribution in [-0.4, -0.2) is 59.3 Å². The molecule has 0 fully saturated rings. The highest BCUT2D eigenvalue weighted by atomic mass is 19.4. The highest BCUT2D eigenvalue weighted by Crippen LogP contribution is 2.37. The second kappa shape index (κ2) is 10.5. The first-order valence-electron chi connectivity index (χ1n) is 8.85. The van der Waals surface area contributed by atoms with E-state index in [0.717, 1.165) is 6.07 Å². The number of nitrogens with two attached hydrogens (primary N) is 2. The molecule has 0 bridgehead atoms. The largest absolute Gasteiger partial charge is 0.481 e. The maximum Gasteiger partial charge on any atom is 0.461 e. The smallest absolute Gasteiger partial charge is 0.461 e. The van der Waals surface area contributed by atoms with Crippen molar-refractivity contribution in [1.29, 1.82) is 0 Å². The lowest BCUT2D eigenvalue weighted by atomic mass is 10.0. The summed E-state index contributed by atoms with van der Waals surface area (Å²) in [5.74, 6) is -14.7. The number of hydrogen-bond donors (Lipinski definition) is 5. The van der Waals surface area contributed by atoms with Gasteiger partial charge in [-0.3, -0.25) is 19.2 Å². The first-order chi connectivity index (χ1) is 15.8. The van der Waals surface area contributed by atoms with Crippen LogP contribution in [0.15, 0.2) is 23.2 Å². The van der Waals surface area contributed by atoms with E-state index in [1.807, 2.05) is 0 Å². The van der Waals surface area contributed by atoms with Crippen molar-refractivity contribution in [3.8, 4) is 0 Å². The van der Waals surface area contributed by atoms with Crippen molar-refractivity contribution in [2.75, 3.05) is 6.54 Å². The second-order valence-corrected chi connectivity index (χ2v) is 6.64. The third kappa shape index (κ3) is 8.07. The number of carbonyl (C=O) groups excluding carboxylic acids is 3. The van der Waals surface area contributed by atoms with Crippen LogP contribution in [0.25, 0.3) is 0 Å². The first-order valence-corrected chi connectivity index (χ1v) is 8.85. The van der Waals surface area contributed by atoms with Gasteiger partial charge in [-0.2, -0.15) is 35.1 Å². The molecule has 0 saturated carbocycles. The van der Waals surface area contributed by atoms with Gasteiger partial charge in [0, 0.05) is 5.56 Å². The fraction of sp³-hybridized carbons (Fsp3) is 0.353. The highest BCUT2D eigenvalue weighted by Gasteiger charge is 2.64. The molecule has 0 aromatic heterocycles. The molecule has 35 heavy (non-hydrogen) atoms. The van der Waals surface area contributed by atoms with Gasteiger partial charge in [-0.15, -0.1) is 0 Å². The molecular formula is C17H15F8N5O5. The summed E-state index contributed by atoms with van der Waals surface area (Å²) in [5, 5.41) is 11.7. The van der Waals surface area contributed by atoms with E-state index in [1.54, 1.807) is 5.32 Å². The Morgan fingerprint density at radius 1 is 0.971 bits per heavy atom. The number of nitrogens with zero attached hydrogens (tertiary/aromatic N) is 1. The molecule has 194 valence electrons. The highest BCUT2D eigenvalue weighted by molar-refractivity contribution is 5.99. The fourth-order valence-corrected chi connectivity index (χ4v) is 2.37. The molecule has 0 saturated heterocycles. The summed E-state index contributed by atoms with van der Waals surface area (Å²) in [4.78, 5) is 49.6. The number of aliphatic carboxylic acids is 1. The van der Waals surface area contributed by atoms with Gasteiger partial charge in [0.15, 0.2) is 5.96 Å². The van der Waals surface area contributed by atoms with Crippen LogP contribution in [0.3, 0.4) is 0 Å². The van der Waals surface area contributed by atoms with Crippen molar-refractivity contribution >= 4 is 35.2 Å². The molecule has 0 heterocycles. The number of amides is 2. The number of rotatable bonds is 9. The van der Waals surface area contributed by atoms with Gasteiger partial charge in [-0.1, -0.05) is 0 Å². The van der Waals surface area contributed by atoms with E-state index in [1.165, 1.54) is 5.32 Å². The van der Waals surface area contributed by atoms with Crippen molar-refractivity contribution in [3.05, 3.63) is 29.3 Å². The maximum atomic E-state index is 13.3. The maximum absolute atomic E-state index is 13.3. The van der Waals surface area contributed by atoms with Gasteiger partial charge in [0.05, 0.1) is 24.2 Å². The van der Waals surface area contributed by atoms with Crippen LogP contribution in [0.1, 0.15) is 22.3 Å². The van der Waals surface area contributed by atoms with Crippen LogP contribution in [0.5, 0.6) is 0 Å². The third-order valence-electron chi connectivity index (χ3n) is 3.87. The molecule has 1 aromatic carbocycles. The minimum Gasteiger partial charge on any atom is -0.481 e. The number of ketones is 1. The number of benzene rings is 1. The Hall–Kier alpha value is -3.99.